The Morgan fingerprint density at radius 2 is 2.40 bits per heavy atom. The third kappa shape index (κ3) is 5.61. The Bertz CT molecular complexity index is 284. The highest BCUT2D eigenvalue weighted by molar-refractivity contribution is 7.09. The van der Waals surface area contributed by atoms with Crippen LogP contribution in [0.4, 0.5) is 0 Å². The fourth-order valence-corrected chi connectivity index (χ4v) is 2.34. The van der Waals surface area contributed by atoms with Crippen LogP contribution in [-0.4, -0.2) is 12.6 Å². The van der Waals surface area contributed by atoms with Gasteiger partial charge in [-0.15, -0.1) is 23.7 Å². The van der Waals surface area contributed by atoms with Crippen LogP contribution < -0.4 is 5.32 Å². The van der Waals surface area contributed by atoms with E-state index in [1.807, 2.05) is 11.3 Å². The van der Waals surface area contributed by atoms with E-state index in [2.05, 4.69) is 35.7 Å². The summed E-state index contributed by atoms with van der Waals surface area (Å²) < 4.78 is 0. The van der Waals surface area contributed by atoms with Gasteiger partial charge >= 0.3 is 0 Å². The van der Waals surface area contributed by atoms with Gasteiger partial charge in [-0.2, -0.15) is 0 Å². The highest BCUT2D eigenvalue weighted by Crippen LogP contribution is 2.10. The third-order valence-electron chi connectivity index (χ3n) is 2.33. The summed E-state index contributed by atoms with van der Waals surface area (Å²) in [5.74, 6) is 2.67. The molecule has 1 N–H and O–H groups in total. The fraction of sp³-hybridized carbons (Fsp3) is 0.538. The molecule has 0 aromatic carbocycles. The second-order valence-electron chi connectivity index (χ2n) is 3.80. The normalized spacial score (nSPS) is 12.3. The molecule has 1 aromatic rings. The van der Waals surface area contributed by atoms with Crippen LogP contribution in [0.2, 0.25) is 0 Å². The van der Waals surface area contributed by atoms with Crippen molar-refractivity contribution in [3.05, 3.63) is 22.4 Å². The van der Waals surface area contributed by atoms with Gasteiger partial charge in [-0.1, -0.05) is 6.07 Å². The second-order valence-corrected chi connectivity index (χ2v) is 4.83. The Labute approximate surface area is 96.9 Å². The molecule has 1 unspecified atom stereocenters. The van der Waals surface area contributed by atoms with E-state index in [0.717, 1.165) is 25.8 Å². The topological polar surface area (TPSA) is 12.0 Å². The van der Waals surface area contributed by atoms with Crippen LogP contribution in [-0.2, 0) is 6.42 Å². The third-order valence-corrected chi connectivity index (χ3v) is 3.23. The van der Waals surface area contributed by atoms with Crippen molar-refractivity contribution in [2.24, 2.45) is 0 Å². The maximum atomic E-state index is 5.19. The number of hydrogen-bond donors (Lipinski definition) is 1. The lowest BCUT2D eigenvalue weighted by Crippen LogP contribution is -2.28. The van der Waals surface area contributed by atoms with Gasteiger partial charge in [0, 0.05) is 17.3 Å². The highest BCUT2D eigenvalue weighted by Gasteiger charge is 2.02. The van der Waals surface area contributed by atoms with E-state index in [0.29, 0.717) is 6.04 Å². The predicted molar refractivity (Wildman–Crippen MR) is 68.2 cm³/mol. The fourth-order valence-electron chi connectivity index (χ4n) is 1.50. The first-order valence-corrected chi connectivity index (χ1v) is 6.40. The molecule has 0 aliphatic rings. The summed E-state index contributed by atoms with van der Waals surface area (Å²) in [6.45, 7) is 3.31. The molecule has 82 valence electrons. The van der Waals surface area contributed by atoms with Gasteiger partial charge in [0.1, 0.15) is 0 Å². The molecule has 0 saturated carbocycles. The van der Waals surface area contributed by atoms with Crippen LogP contribution in [0.3, 0.4) is 0 Å². The standard InChI is InChI=1S/C13H19NS/c1-3-4-5-6-9-14-12(2)11-13-8-7-10-15-13/h1,7-8,10,12,14H,4-6,9,11H2,2H3. The van der Waals surface area contributed by atoms with Gasteiger partial charge in [-0.3, -0.25) is 0 Å². The molecule has 15 heavy (non-hydrogen) atoms. The van der Waals surface area contributed by atoms with E-state index in [-0.39, 0.29) is 0 Å². The molecule has 0 bridgehead atoms. The average Bonchev–Trinajstić information content (AvgIpc) is 2.70. The summed E-state index contributed by atoms with van der Waals surface area (Å²) in [6.07, 6.45) is 9.54. The second kappa shape index (κ2) is 7.50. The van der Waals surface area contributed by atoms with Crippen molar-refractivity contribution in [2.45, 2.75) is 38.6 Å². The largest absolute Gasteiger partial charge is 0.314 e. The molecular formula is C13H19NS. The Hall–Kier alpha value is -0.780. The monoisotopic (exact) mass is 221 g/mol. The van der Waals surface area contributed by atoms with Crippen LogP contribution >= 0.6 is 11.3 Å². The minimum Gasteiger partial charge on any atom is -0.314 e. The molecule has 0 spiro atoms. The first-order valence-electron chi connectivity index (χ1n) is 5.52. The molecule has 2 heteroatoms. The van der Waals surface area contributed by atoms with Crippen LogP contribution in [0, 0.1) is 12.3 Å². The Kier molecular flexibility index (Phi) is 6.15. The lowest BCUT2D eigenvalue weighted by Gasteiger charge is -2.12. The molecule has 0 saturated heterocycles. The SMILES string of the molecule is C#CCCCCNC(C)Cc1cccs1. The van der Waals surface area contributed by atoms with Gasteiger partial charge in [0.25, 0.3) is 0 Å². The predicted octanol–water partition coefficient (Wildman–Crippen LogP) is 3.07. The van der Waals surface area contributed by atoms with E-state index in [1.165, 1.54) is 11.3 Å². The highest BCUT2D eigenvalue weighted by atomic mass is 32.1. The molecule has 1 atom stereocenters. The van der Waals surface area contributed by atoms with E-state index in [1.54, 1.807) is 0 Å². The van der Waals surface area contributed by atoms with E-state index < -0.39 is 0 Å². The van der Waals surface area contributed by atoms with E-state index in [9.17, 15) is 0 Å². The molecule has 0 amide bonds. The van der Waals surface area contributed by atoms with Gasteiger partial charge in [0.05, 0.1) is 0 Å². The maximum absolute atomic E-state index is 5.19. The van der Waals surface area contributed by atoms with E-state index in [4.69, 9.17) is 6.42 Å². The molecule has 0 aliphatic carbocycles. The van der Waals surface area contributed by atoms with Crippen LogP contribution in [0.25, 0.3) is 0 Å². The summed E-state index contributed by atoms with van der Waals surface area (Å²) >= 11 is 1.83. The van der Waals surface area contributed by atoms with Gasteiger partial charge in [0.15, 0.2) is 0 Å². The van der Waals surface area contributed by atoms with E-state index >= 15 is 0 Å². The minimum atomic E-state index is 0.564. The van der Waals surface area contributed by atoms with Gasteiger partial charge in [0.2, 0.25) is 0 Å². The number of terminal acetylenes is 1. The lowest BCUT2D eigenvalue weighted by molar-refractivity contribution is 0.530. The van der Waals surface area contributed by atoms with Crippen LogP contribution in [0.1, 0.15) is 31.1 Å². The molecule has 1 heterocycles. The van der Waals surface area contributed by atoms with Gasteiger partial charge in [-0.05, 0) is 44.2 Å². The van der Waals surface area contributed by atoms with Gasteiger partial charge < -0.3 is 5.32 Å². The Morgan fingerprint density at radius 1 is 1.53 bits per heavy atom. The molecule has 1 rings (SSSR count). The summed E-state index contributed by atoms with van der Waals surface area (Å²) in [5, 5.41) is 5.65. The smallest absolute Gasteiger partial charge is 0.00870 e. The molecule has 0 aliphatic heterocycles. The Balaban J connectivity index is 2.04. The zero-order valence-electron chi connectivity index (χ0n) is 9.33. The number of unbranched alkanes of at least 4 members (excludes halogenated alkanes) is 2. The van der Waals surface area contributed by atoms with Crippen molar-refractivity contribution in [1.29, 1.82) is 0 Å². The summed E-state index contributed by atoms with van der Waals surface area (Å²) in [6, 6.07) is 4.87. The summed E-state index contributed by atoms with van der Waals surface area (Å²) in [7, 11) is 0. The lowest BCUT2D eigenvalue weighted by atomic mass is 10.2. The van der Waals surface area contributed by atoms with Crippen molar-refractivity contribution in [3.63, 3.8) is 0 Å². The number of nitrogens with one attached hydrogen (secondary N) is 1. The first-order chi connectivity index (χ1) is 7.33. The molecule has 0 fully saturated rings. The number of rotatable bonds is 7. The first kappa shape index (κ1) is 12.3. The van der Waals surface area contributed by atoms with Gasteiger partial charge in [-0.25, -0.2) is 0 Å². The molecule has 0 radical (unpaired) electrons. The Morgan fingerprint density at radius 3 is 3.07 bits per heavy atom. The summed E-state index contributed by atoms with van der Waals surface area (Å²) in [5.41, 5.74) is 0. The molecular weight excluding hydrogens is 202 g/mol. The zero-order valence-corrected chi connectivity index (χ0v) is 10.1. The number of thiophene rings is 1. The van der Waals surface area contributed by atoms with Crippen molar-refractivity contribution in [3.8, 4) is 12.3 Å². The van der Waals surface area contributed by atoms with Crippen LogP contribution in [0.15, 0.2) is 17.5 Å². The zero-order chi connectivity index (χ0) is 10.9. The van der Waals surface area contributed by atoms with Crippen molar-refractivity contribution in [1.82, 2.24) is 5.32 Å². The molecule has 1 aromatic heterocycles. The summed E-state index contributed by atoms with van der Waals surface area (Å²) in [4.78, 5) is 1.46. The van der Waals surface area contributed by atoms with Crippen molar-refractivity contribution in [2.75, 3.05) is 6.54 Å². The van der Waals surface area contributed by atoms with Crippen LogP contribution in [0.5, 0.6) is 0 Å². The average molecular weight is 221 g/mol. The van der Waals surface area contributed by atoms with Crippen molar-refractivity contribution >= 4 is 11.3 Å². The number of hydrogen-bond acceptors (Lipinski definition) is 2. The minimum absolute atomic E-state index is 0.564. The van der Waals surface area contributed by atoms with Crippen molar-refractivity contribution < 1.29 is 0 Å². The quantitative estimate of drug-likeness (QED) is 0.551. The maximum Gasteiger partial charge on any atom is 0.00870 e. The molecule has 1 nitrogen and oxygen atoms in total.